The van der Waals surface area contributed by atoms with Gasteiger partial charge in [-0.2, -0.15) is 13.2 Å². The first kappa shape index (κ1) is 14.1. The Balaban J connectivity index is 0. The molecule has 0 aromatic carbocycles. The van der Waals surface area contributed by atoms with E-state index in [2.05, 4.69) is 6.58 Å². The first-order valence-corrected chi connectivity index (χ1v) is 2.71. The zero-order valence-electron chi connectivity index (χ0n) is 6.15. The maximum atomic E-state index is 11.7. The van der Waals surface area contributed by atoms with E-state index in [0.29, 0.717) is 6.92 Å². The van der Waals surface area contributed by atoms with Gasteiger partial charge in [-0.05, 0) is 6.92 Å². The topological polar surface area (TPSA) is 20.2 Å². The first-order valence-electron chi connectivity index (χ1n) is 2.71. The average molecular weight is 243 g/mol. The number of alkyl halides is 3. The molecule has 0 aliphatic carbocycles. The van der Waals surface area contributed by atoms with Crippen molar-refractivity contribution in [1.82, 2.24) is 0 Å². The molecule has 0 heterocycles. The smallest absolute Gasteiger partial charge is 0.380 e. The van der Waals surface area contributed by atoms with Gasteiger partial charge in [-0.25, -0.2) is 0 Å². The molecule has 0 saturated heterocycles. The SMILES string of the molecule is C=CCC(C)(O)C(F)(F)F.[Y]. The van der Waals surface area contributed by atoms with Crippen LogP contribution in [0.2, 0.25) is 0 Å². The molecule has 0 bridgehead atoms. The van der Waals surface area contributed by atoms with Crippen LogP contribution in [0, 0.1) is 0 Å². The molecule has 1 unspecified atom stereocenters. The maximum Gasteiger partial charge on any atom is 0.417 e. The predicted molar refractivity (Wildman–Crippen MR) is 31.5 cm³/mol. The number of hydrogen-bond acceptors (Lipinski definition) is 1. The van der Waals surface area contributed by atoms with Crippen LogP contribution in [0.25, 0.3) is 0 Å². The third-order valence-electron chi connectivity index (χ3n) is 1.15. The molecule has 63 valence electrons. The van der Waals surface area contributed by atoms with Crippen LogP contribution in [-0.4, -0.2) is 16.9 Å². The fourth-order valence-electron chi connectivity index (χ4n) is 0.397. The summed E-state index contributed by atoms with van der Waals surface area (Å²) in [4.78, 5) is 0. The molecule has 1 atom stereocenters. The molecular weight excluding hydrogens is 234 g/mol. The van der Waals surface area contributed by atoms with Gasteiger partial charge in [0.05, 0.1) is 0 Å². The van der Waals surface area contributed by atoms with Crippen molar-refractivity contribution in [2.24, 2.45) is 0 Å². The molecule has 0 aromatic rings. The van der Waals surface area contributed by atoms with Gasteiger partial charge in [0.1, 0.15) is 0 Å². The van der Waals surface area contributed by atoms with Gasteiger partial charge in [0.2, 0.25) is 0 Å². The molecule has 0 fully saturated rings. The van der Waals surface area contributed by atoms with Crippen molar-refractivity contribution in [2.75, 3.05) is 0 Å². The third-order valence-corrected chi connectivity index (χ3v) is 1.15. The Morgan fingerprint density at radius 1 is 1.45 bits per heavy atom. The van der Waals surface area contributed by atoms with E-state index in [4.69, 9.17) is 5.11 Å². The van der Waals surface area contributed by atoms with Crippen molar-refractivity contribution in [1.29, 1.82) is 0 Å². The van der Waals surface area contributed by atoms with E-state index in [1.807, 2.05) is 0 Å². The van der Waals surface area contributed by atoms with Crippen LogP contribution in [0.1, 0.15) is 13.3 Å². The zero-order valence-corrected chi connectivity index (χ0v) is 8.99. The van der Waals surface area contributed by atoms with E-state index >= 15 is 0 Å². The van der Waals surface area contributed by atoms with Gasteiger partial charge in [0.15, 0.2) is 5.60 Å². The Bertz CT molecular complexity index is 130. The third kappa shape index (κ3) is 4.23. The second kappa shape index (κ2) is 4.58. The molecule has 11 heavy (non-hydrogen) atoms. The standard InChI is InChI=1S/C6H9F3O.Y/c1-3-4-5(2,10)6(7,8)9;/h3,10H,1,4H2,2H3;. The van der Waals surface area contributed by atoms with Gasteiger partial charge in [0.25, 0.3) is 0 Å². The van der Waals surface area contributed by atoms with E-state index in [0.717, 1.165) is 6.08 Å². The van der Waals surface area contributed by atoms with Gasteiger partial charge in [-0.15, -0.1) is 6.58 Å². The van der Waals surface area contributed by atoms with Crippen molar-refractivity contribution >= 4 is 0 Å². The van der Waals surface area contributed by atoms with Crippen molar-refractivity contribution in [3.05, 3.63) is 12.7 Å². The van der Waals surface area contributed by atoms with E-state index in [1.165, 1.54) is 0 Å². The molecule has 0 saturated carbocycles. The summed E-state index contributed by atoms with van der Waals surface area (Å²) in [5, 5.41) is 8.65. The minimum Gasteiger partial charge on any atom is -0.380 e. The number of rotatable bonds is 2. The summed E-state index contributed by atoms with van der Waals surface area (Å²) < 4.78 is 35.2. The van der Waals surface area contributed by atoms with Crippen LogP contribution in [0.3, 0.4) is 0 Å². The molecule has 1 nitrogen and oxygen atoms in total. The maximum absolute atomic E-state index is 11.7. The second-order valence-electron chi connectivity index (χ2n) is 2.26. The normalized spacial score (nSPS) is 16.5. The summed E-state index contributed by atoms with van der Waals surface area (Å²) in [5.41, 5.74) is -2.63. The quantitative estimate of drug-likeness (QED) is 0.734. The predicted octanol–water partition coefficient (Wildman–Crippen LogP) is 1.87. The number of hydrogen-bond donors (Lipinski definition) is 1. The van der Waals surface area contributed by atoms with Gasteiger partial charge < -0.3 is 5.11 Å². The Morgan fingerprint density at radius 2 is 1.82 bits per heavy atom. The Kier molecular flexibility index (Phi) is 5.88. The van der Waals surface area contributed by atoms with Gasteiger partial charge in [0, 0.05) is 39.1 Å². The molecule has 0 spiro atoms. The largest absolute Gasteiger partial charge is 0.417 e. The first-order chi connectivity index (χ1) is 4.31. The van der Waals surface area contributed by atoms with Crippen molar-refractivity contribution in [3.8, 4) is 0 Å². The van der Waals surface area contributed by atoms with Gasteiger partial charge in [-0.3, -0.25) is 0 Å². The van der Waals surface area contributed by atoms with Crippen molar-refractivity contribution in [2.45, 2.75) is 25.1 Å². The van der Waals surface area contributed by atoms with E-state index in [1.54, 1.807) is 0 Å². The van der Waals surface area contributed by atoms with Crippen molar-refractivity contribution in [3.63, 3.8) is 0 Å². The van der Waals surface area contributed by atoms with E-state index < -0.39 is 18.2 Å². The summed E-state index contributed by atoms with van der Waals surface area (Å²) in [7, 11) is 0. The second-order valence-corrected chi connectivity index (χ2v) is 2.26. The summed E-state index contributed by atoms with van der Waals surface area (Å²) in [6, 6.07) is 0. The Labute approximate surface area is 88.5 Å². The number of aliphatic hydroxyl groups is 1. The van der Waals surface area contributed by atoms with Crippen LogP contribution < -0.4 is 0 Å². The summed E-state index contributed by atoms with van der Waals surface area (Å²) >= 11 is 0. The molecule has 0 aromatic heterocycles. The van der Waals surface area contributed by atoms with E-state index in [-0.39, 0.29) is 32.7 Å². The van der Waals surface area contributed by atoms with Crippen molar-refractivity contribution < 1.29 is 51.0 Å². The molecule has 5 heteroatoms. The summed E-state index contributed by atoms with van der Waals surface area (Å²) in [6.07, 6.45) is -4.01. The molecule has 0 rings (SSSR count). The van der Waals surface area contributed by atoms with Crippen LogP contribution in [-0.2, 0) is 32.7 Å². The average Bonchev–Trinajstić information content (AvgIpc) is 1.61. The number of halogens is 3. The van der Waals surface area contributed by atoms with Crippen LogP contribution in [0.4, 0.5) is 13.2 Å². The van der Waals surface area contributed by atoms with Crippen LogP contribution in [0.15, 0.2) is 12.7 Å². The van der Waals surface area contributed by atoms with Crippen LogP contribution in [0.5, 0.6) is 0 Å². The monoisotopic (exact) mass is 243 g/mol. The zero-order chi connectivity index (χ0) is 8.41. The molecule has 1 radical (unpaired) electrons. The van der Waals surface area contributed by atoms with E-state index in [9.17, 15) is 13.2 Å². The molecular formula is C6H9F3OY. The fourth-order valence-corrected chi connectivity index (χ4v) is 0.397. The van der Waals surface area contributed by atoms with Gasteiger partial charge >= 0.3 is 6.18 Å². The molecule has 0 aliphatic rings. The van der Waals surface area contributed by atoms with Crippen LogP contribution >= 0.6 is 0 Å². The molecule has 0 amide bonds. The Hall–Kier alpha value is 0.594. The summed E-state index contributed by atoms with van der Waals surface area (Å²) in [5.74, 6) is 0. The summed E-state index contributed by atoms with van der Waals surface area (Å²) in [6.45, 7) is 3.82. The molecule has 0 aliphatic heterocycles. The Morgan fingerprint density at radius 3 is 1.91 bits per heavy atom. The minimum absolute atomic E-state index is 0. The molecule has 1 N–H and O–H groups in total. The minimum atomic E-state index is -4.57. The van der Waals surface area contributed by atoms with Gasteiger partial charge in [-0.1, -0.05) is 6.08 Å². The fraction of sp³-hybridized carbons (Fsp3) is 0.667.